The summed E-state index contributed by atoms with van der Waals surface area (Å²) in [5.41, 5.74) is -2.66. The quantitative estimate of drug-likeness (QED) is 0.324. The van der Waals surface area contributed by atoms with Crippen molar-refractivity contribution in [3.05, 3.63) is 11.5 Å². The minimum absolute atomic E-state index is 0.0746. The van der Waals surface area contributed by atoms with Crippen LogP contribution in [0.4, 0.5) is 0 Å². The number of hydrogen-bond acceptors (Lipinski definition) is 6. The lowest BCUT2D eigenvalue weighted by Crippen LogP contribution is -2.42. The number of rotatable bonds is 11. The maximum absolute atomic E-state index is 11.9. The highest BCUT2D eigenvalue weighted by Crippen LogP contribution is 2.40. The van der Waals surface area contributed by atoms with Crippen molar-refractivity contribution in [2.75, 3.05) is 13.2 Å². The van der Waals surface area contributed by atoms with Crippen molar-refractivity contribution in [3.63, 3.8) is 0 Å². The van der Waals surface area contributed by atoms with Crippen LogP contribution in [0, 0.1) is 5.41 Å². The standard InChI is InChI=1S/C15H26O8/c1-5-22-13(23-6-2)11(12(18)19)15(14(20)21,7-9(3)16)8-10(4)17/h9-10,16-17H,5-8H2,1-4H3,(H,18,19)(H,20,21). The second-order valence-corrected chi connectivity index (χ2v) is 5.33. The molecule has 2 atom stereocenters. The van der Waals surface area contributed by atoms with Crippen molar-refractivity contribution in [1.82, 2.24) is 0 Å². The minimum Gasteiger partial charge on any atom is -0.481 e. The summed E-state index contributed by atoms with van der Waals surface area (Å²) < 4.78 is 10.4. The molecular formula is C15H26O8. The molecule has 0 aromatic rings. The van der Waals surface area contributed by atoms with Gasteiger partial charge in [0, 0.05) is 0 Å². The van der Waals surface area contributed by atoms with Crippen LogP contribution in [0.3, 0.4) is 0 Å². The van der Waals surface area contributed by atoms with Gasteiger partial charge in [-0.2, -0.15) is 0 Å². The van der Waals surface area contributed by atoms with Gasteiger partial charge in [-0.3, -0.25) is 4.79 Å². The van der Waals surface area contributed by atoms with E-state index in [4.69, 9.17) is 9.47 Å². The summed E-state index contributed by atoms with van der Waals surface area (Å²) in [6, 6.07) is 0. The Morgan fingerprint density at radius 1 is 0.957 bits per heavy atom. The van der Waals surface area contributed by atoms with Crippen LogP contribution in [0.15, 0.2) is 11.5 Å². The van der Waals surface area contributed by atoms with Gasteiger partial charge in [-0.1, -0.05) is 0 Å². The van der Waals surface area contributed by atoms with E-state index in [9.17, 15) is 30.0 Å². The number of carbonyl (C=O) groups is 2. The van der Waals surface area contributed by atoms with E-state index in [1.54, 1.807) is 13.8 Å². The van der Waals surface area contributed by atoms with Crippen LogP contribution < -0.4 is 0 Å². The number of carboxylic acid groups (broad SMARTS) is 2. The summed E-state index contributed by atoms with van der Waals surface area (Å²) >= 11 is 0. The number of aliphatic hydroxyl groups is 2. The van der Waals surface area contributed by atoms with Gasteiger partial charge in [0.25, 0.3) is 5.95 Å². The van der Waals surface area contributed by atoms with E-state index in [2.05, 4.69) is 0 Å². The van der Waals surface area contributed by atoms with Crippen LogP contribution in [0.1, 0.15) is 40.5 Å². The summed E-state index contributed by atoms with van der Waals surface area (Å²) in [5.74, 6) is -3.43. The van der Waals surface area contributed by atoms with E-state index < -0.39 is 53.9 Å². The van der Waals surface area contributed by atoms with E-state index in [0.29, 0.717) is 0 Å². The molecule has 4 N–H and O–H groups in total. The van der Waals surface area contributed by atoms with Crippen molar-refractivity contribution < 1.29 is 39.5 Å². The summed E-state index contributed by atoms with van der Waals surface area (Å²) in [5, 5.41) is 38.6. The monoisotopic (exact) mass is 334 g/mol. The molecule has 134 valence electrons. The van der Waals surface area contributed by atoms with Gasteiger partial charge in [0.2, 0.25) is 0 Å². The molecular weight excluding hydrogens is 308 g/mol. The first kappa shape index (κ1) is 21.2. The predicted octanol–water partition coefficient (Wildman–Crippen LogP) is 0.968. The van der Waals surface area contributed by atoms with Crippen LogP contribution in [0.5, 0.6) is 0 Å². The maximum atomic E-state index is 11.9. The predicted molar refractivity (Wildman–Crippen MR) is 80.6 cm³/mol. The van der Waals surface area contributed by atoms with Crippen LogP contribution in [0.25, 0.3) is 0 Å². The first-order chi connectivity index (χ1) is 10.6. The average Bonchev–Trinajstić information content (AvgIpc) is 2.36. The number of aliphatic carboxylic acids is 2. The smallest absolute Gasteiger partial charge is 0.339 e. The van der Waals surface area contributed by atoms with Gasteiger partial charge in [0.15, 0.2) is 0 Å². The first-order valence-corrected chi connectivity index (χ1v) is 7.45. The van der Waals surface area contributed by atoms with Gasteiger partial charge < -0.3 is 29.9 Å². The van der Waals surface area contributed by atoms with Gasteiger partial charge in [0.1, 0.15) is 11.0 Å². The molecule has 0 aromatic heterocycles. The Labute approximate surface area is 135 Å². The van der Waals surface area contributed by atoms with Gasteiger partial charge in [0.05, 0.1) is 25.4 Å². The molecule has 0 aliphatic rings. The van der Waals surface area contributed by atoms with Crippen molar-refractivity contribution in [2.45, 2.75) is 52.7 Å². The molecule has 0 aliphatic carbocycles. The van der Waals surface area contributed by atoms with Crippen molar-refractivity contribution in [1.29, 1.82) is 0 Å². The third kappa shape index (κ3) is 5.72. The van der Waals surface area contributed by atoms with Crippen molar-refractivity contribution in [3.8, 4) is 0 Å². The Hall–Kier alpha value is -1.80. The number of ether oxygens (including phenoxy) is 2. The van der Waals surface area contributed by atoms with Gasteiger partial charge in [-0.05, 0) is 40.5 Å². The molecule has 0 aromatic carbocycles. The van der Waals surface area contributed by atoms with E-state index >= 15 is 0 Å². The number of hydrogen-bond donors (Lipinski definition) is 4. The zero-order valence-electron chi connectivity index (χ0n) is 13.9. The number of aliphatic hydroxyl groups excluding tert-OH is 2. The molecule has 0 rings (SSSR count). The van der Waals surface area contributed by atoms with Crippen LogP contribution in [-0.4, -0.2) is 57.8 Å². The van der Waals surface area contributed by atoms with Gasteiger partial charge in [-0.15, -0.1) is 0 Å². The summed E-state index contributed by atoms with van der Waals surface area (Å²) in [6.07, 6.45) is -3.02. The SMILES string of the molecule is CCOC(OCC)=C(C(=O)O)C(CC(C)O)(CC(C)O)C(=O)O. The number of carboxylic acids is 2. The molecule has 0 aliphatic heterocycles. The summed E-state index contributed by atoms with van der Waals surface area (Å²) in [6.45, 7) is 6.05. The Balaban J connectivity index is 6.45. The largest absolute Gasteiger partial charge is 0.481 e. The topological polar surface area (TPSA) is 134 Å². The van der Waals surface area contributed by atoms with E-state index in [1.807, 2.05) is 0 Å². The van der Waals surface area contributed by atoms with E-state index in [-0.39, 0.29) is 13.2 Å². The highest BCUT2D eigenvalue weighted by Gasteiger charge is 2.50. The molecule has 0 radical (unpaired) electrons. The summed E-state index contributed by atoms with van der Waals surface area (Å²) in [7, 11) is 0. The highest BCUT2D eigenvalue weighted by atomic mass is 16.7. The normalized spacial score (nSPS) is 15.9. The Kier molecular flexibility index (Phi) is 8.63. The van der Waals surface area contributed by atoms with Crippen molar-refractivity contribution in [2.24, 2.45) is 5.41 Å². The fourth-order valence-electron chi connectivity index (χ4n) is 2.51. The second-order valence-electron chi connectivity index (χ2n) is 5.33. The Bertz CT molecular complexity index is 421. The molecule has 23 heavy (non-hydrogen) atoms. The third-order valence-electron chi connectivity index (χ3n) is 3.14. The lowest BCUT2D eigenvalue weighted by atomic mass is 9.71. The Morgan fingerprint density at radius 2 is 1.35 bits per heavy atom. The molecule has 2 unspecified atom stereocenters. The molecule has 0 bridgehead atoms. The van der Waals surface area contributed by atoms with Gasteiger partial charge >= 0.3 is 11.9 Å². The fraction of sp³-hybridized carbons (Fsp3) is 0.733. The lowest BCUT2D eigenvalue weighted by molar-refractivity contribution is -0.154. The maximum Gasteiger partial charge on any atom is 0.339 e. The molecule has 8 heteroatoms. The molecule has 0 amide bonds. The van der Waals surface area contributed by atoms with Crippen LogP contribution >= 0.6 is 0 Å². The van der Waals surface area contributed by atoms with Crippen LogP contribution in [0.2, 0.25) is 0 Å². The first-order valence-electron chi connectivity index (χ1n) is 7.45. The Morgan fingerprint density at radius 3 is 1.57 bits per heavy atom. The molecule has 0 fully saturated rings. The van der Waals surface area contributed by atoms with Crippen molar-refractivity contribution >= 4 is 11.9 Å². The zero-order valence-corrected chi connectivity index (χ0v) is 13.9. The summed E-state index contributed by atoms with van der Waals surface area (Å²) in [4.78, 5) is 23.7. The minimum atomic E-state index is -2.05. The lowest BCUT2D eigenvalue weighted by Gasteiger charge is -2.33. The zero-order chi connectivity index (χ0) is 18.2. The highest BCUT2D eigenvalue weighted by molar-refractivity contribution is 5.96. The van der Waals surface area contributed by atoms with Gasteiger partial charge in [-0.25, -0.2) is 4.79 Å². The third-order valence-corrected chi connectivity index (χ3v) is 3.14. The molecule has 0 spiro atoms. The molecule has 0 saturated carbocycles. The van der Waals surface area contributed by atoms with E-state index in [1.165, 1.54) is 13.8 Å². The fourth-order valence-corrected chi connectivity index (χ4v) is 2.51. The molecule has 8 nitrogen and oxygen atoms in total. The average molecular weight is 334 g/mol. The van der Waals surface area contributed by atoms with E-state index in [0.717, 1.165) is 0 Å². The van der Waals surface area contributed by atoms with Crippen LogP contribution in [-0.2, 0) is 19.1 Å². The molecule has 0 heterocycles. The molecule has 0 saturated heterocycles. The second kappa shape index (κ2) is 9.36.